The fraction of sp³-hybridized carbons (Fsp3) is 0.467. The van der Waals surface area contributed by atoms with Crippen molar-refractivity contribution in [3.05, 3.63) is 24.3 Å². The Hall–Kier alpha value is -2.24. The molecule has 116 valence electrons. The number of carbonyl (C=O) groups is 2. The van der Waals surface area contributed by atoms with E-state index in [0.717, 1.165) is 0 Å². The van der Waals surface area contributed by atoms with E-state index in [4.69, 9.17) is 15.2 Å². The van der Waals surface area contributed by atoms with Gasteiger partial charge in [-0.25, -0.2) is 0 Å². The molecular weight excluding hydrogens is 272 g/mol. The summed E-state index contributed by atoms with van der Waals surface area (Å²) < 4.78 is 10.4. The van der Waals surface area contributed by atoms with Crippen molar-refractivity contribution in [3.63, 3.8) is 0 Å². The van der Waals surface area contributed by atoms with Crippen molar-refractivity contribution in [2.75, 3.05) is 33.0 Å². The van der Waals surface area contributed by atoms with E-state index < -0.39 is 0 Å². The number of nitrogen functional groups attached to an aromatic ring is 1. The van der Waals surface area contributed by atoms with Crippen LogP contribution >= 0.6 is 0 Å². The maximum atomic E-state index is 11.4. The predicted octanol–water partition coefficient (Wildman–Crippen LogP) is 1.45. The number of nitrogens with zero attached hydrogens (tertiary/aromatic N) is 1. The normalized spacial score (nSPS) is 10.0. The predicted molar refractivity (Wildman–Crippen MR) is 79.9 cm³/mol. The van der Waals surface area contributed by atoms with E-state index in [0.29, 0.717) is 24.3 Å². The molecule has 0 saturated heterocycles. The Labute approximate surface area is 124 Å². The molecule has 1 rings (SSSR count). The Morgan fingerprint density at radius 3 is 2.38 bits per heavy atom. The minimum absolute atomic E-state index is 0.0257. The van der Waals surface area contributed by atoms with Crippen LogP contribution in [0.3, 0.4) is 0 Å². The Bertz CT molecular complexity index is 457. The van der Waals surface area contributed by atoms with Crippen LogP contribution < -0.4 is 10.5 Å². The SMILES string of the molecule is CN(C)C(=O)CCCOC(=O)CCOc1ccc(N)cc1. The number of ether oxygens (including phenoxy) is 2. The van der Waals surface area contributed by atoms with Crippen LogP contribution in [0.25, 0.3) is 0 Å². The first kappa shape index (κ1) is 16.8. The van der Waals surface area contributed by atoms with Crippen molar-refractivity contribution in [2.24, 2.45) is 0 Å². The van der Waals surface area contributed by atoms with Crippen LogP contribution in [0.5, 0.6) is 5.75 Å². The van der Waals surface area contributed by atoms with Crippen LogP contribution in [-0.2, 0) is 14.3 Å². The van der Waals surface area contributed by atoms with Crippen LogP contribution in [0.15, 0.2) is 24.3 Å². The molecule has 1 amide bonds. The molecule has 1 aromatic rings. The highest BCUT2D eigenvalue weighted by molar-refractivity contribution is 5.75. The summed E-state index contributed by atoms with van der Waals surface area (Å²) >= 11 is 0. The quantitative estimate of drug-likeness (QED) is 0.446. The van der Waals surface area contributed by atoms with Gasteiger partial charge in [0, 0.05) is 26.2 Å². The van der Waals surface area contributed by atoms with Crippen LogP contribution in [-0.4, -0.2) is 44.1 Å². The molecule has 1 aromatic carbocycles. The van der Waals surface area contributed by atoms with Crippen molar-refractivity contribution < 1.29 is 19.1 Å². The van der Waals surface area contributed by atoms with Crippen LogP contribution in [0.1, 0.15) is 19.3 Å². The summed E-state index contributed by atoms with van der Waals surface area (Å²) in [6, 6.07) is 6.95. The van der Waals surface area contributed by atoms with Gasteiger partial charge < -0.3 is 20.1 Å². The van der Waals surface area contributed by atoms with Crippen molar-refractivity contribution >= 4 is 17.6 Å². The second-order valence-electron chi connectivity index (χ2n) is 4.78. The van der Waals surface area contributed by atoms with Gasteiger partial charge in [0.1, 0.15) is 5.75 Å². The molecule has 0 radical (unpaired) electrons. The Morgan fingerprint density at radius 1 is 1.10 bits per heavy atom. The molecule has 2 N–H and O–H groups in total. The third-order valence-corrected chi connectivity index (χ3v) is 2.75. The van der Waals surface area contributed by atoms with Crippen molar-refractivity contribution in [1.82, 2.24) is 4.90 Å². The molecule has 0 aliphatic rings. The van der Waals surface area contributed by atoms with E-state index in [1.807, 2.05) is 0 Å². The third kappa shape index (κ3) is 7.20. The zero-order valence-electron chi connectivity index (χ0n) is 12.5. The monoisotopic (exact) mass is 294 g/mol. The number of benzene rings is 1. The molecule has 0 spiro atoms. The Balaban J connectivity index is 2.09. The molecule has 0 unspecified atom stereocenters. The summed E-state index contributed by atoms with van der Waals surface area (Å²) in [5.74, 6) is 0.356. The molecule has 0 aliphatic heterocycles. The van der Waals surface area contributed by atoms with Crippen LogP contribution in [0.2, 0.25) is 0 Å². The van der Waals surface area contributed by atoms with Gasteiger partial charge in [0.2, 0.25) is 5.91 Å². The minimum Gasteiger partial charge on any atom is -0.493 e. The molecule has 0 aliphatic carbocycles. The lowest BCUT2D eigenvalue weighted by atomic mass is 10.3. The van der Waals surface area contributed by atoms with Gasteiger partial charge >= 0.3 is 5.97 Å². The maximum Gasteiger partial charge on any atom is 0.309 e. The summed E-state index contributed by atoms with van der Waals surface area (Å²) in [5.41, 5.74) is 6.22. The van der Waals surface area contributed by atoms with Gasteiger partial charge in [0.15, 0.2) is 0 Å². The van der Waals surface area contributed by atoms with Crippen molar-refractivity contribution in [2.45, 2.75) is 19.3 Å². The number of carbonyl (C=O) groups excluding carboxylic acids is 2. The summed E-state index contributed by atoms with van der Waals surface area (Å²) in [6.45, 7) is 0.500. The Kier molecular flexibility index (Phi) is 7.08. The first-order chi connectivity index (χ1) is 9.99. The van der Waals surface area contributed by atoms with Crippen LogP contribution in [0.4, 0.5) is 5.69 Å². The summed E-state index contributed by atoms with van der Waals surface area (Å²) in [6.07, 6.45) is 1.08. The number of esters is 1. The lowest BCUT2D eigenvalue weighted by Crippen LogP contribution is -2.21. The minimum atomic E-state index is -0.331. The van der Waals surface area contributed by atoms with Gasteiger partial charge in [-0.15, -0.1) is 0 Å². The summed E-state index contributed by atoms with van der Waals surface area (Å²) in [5, 5.41) is 0. The van der Waals surface area contributed by atoms with Gasteiger partial charge in [-0.05, 0) is 30.7 Å². The first-order valence-electron chi connectivity index (χ1n) is 6.83. The lowest BCUT2D eigenvalue weighted by molar-refractivity contribution is -0.145. The fourth-order valence-corrected chi connectivity index (χ4v) is 1.52. The zero-order chi connectivity index (χ0) is 15.7. The van der Waals surface area contributed by atoms with E-state index in [-0.39, 0.29) is 31.5 Å². The van der Waals surface area contributed by atoms with E-state index in [1.165, 1.54) is 4.90 Å². The third-order valence-electron chi connectivity index (χ3n) is 2.75. The summed E-state index contributed by atoms with van der Waals surface area (Å²) in [4.78, 5) is 24.3. The van der Waals surface area contributed by atoms with Gasteiger partial charge in [-0.2, -0.15) is 0 Å². The van der Waals surface area contributed by atoms with E-state index in [2.05, 4.69) is 0 Å². The molecular formula is C15H22N2O4. The molecule has 0 aromatic heterocycles. The molecule has 6 heteroatoms. The van der Waals surface area contributed by atoms with Crippen molar-refractivity contribution in [3.8, 4) is 5.75 Å². The number of rotatable bonds is 8. The molecule has 0 atom stereocenters. The number of hydrogen-bond acceptors (Lipinski definition) is 5. The smallest absolute Gasteiger partial charge is 0.309 e. The topological polar surface area (TPSA) is 81.9 Å². The standard InChI is InChI=1S/C15H22N2O4/c1-17(2)14(18)4-3-10-21-15(19)9-11-20-13-7-5-12(16)6-8-13/h5-8H,3-4,9-11,16H2,1-2H3. The number of hydrogen-bond donors (Lipinski definition) is 1. The van der Waals surface area contributed by atoms with Gasteiger partial charge in [-0.3, -0.25) is 9.59 Å². The Morgan fingerprint density at radius 2 is 1.76 bits per heavy atom. The van der Waals surface area contributed by atoms with Crippen molar-refractivity contribution in [1.29, 1.82) is 0 Å². The second-order valence-corrected chi connectivity index (χ2v) is 4.78. The largest absolute Gasteiger partial charge is 0.493 e. The summed E-state index contributed by atoms with van der Waals surface area (Å²) in [7, 11) is 3.39. The molecule has 0 bridgehead atoms. The van der Waals surface area contributed by atoms with E-state index in [1.54, 1.807) is 38.4 Å². The average Bonchev–Trinajstić information content (AvgIpc) is 2.45. The van der Waals surface area contributed by atoms with Gasteiger partial charge in [0.25, 0.3) is 0 Å². The molecule has 0 fully saturated rings. The number of amides is 1. The van der Waals surface area contributed by atoms with Gasteiger partial charge in [-0.1, -0.05) is 0 Å². The second kappa shape index (κ2) is 8.84. The van der Waals surface area contributed by atoms with Crippen LogP contribution in [0, 0.1) is 0 Å². The number of anilines is 1. The highest BCUT2D eigenvalue weighted by Gasteiger charge is 2.06. The molecule has 0 heterocycles. The highest BCUT2D eigenvalue weighted by Crippen LogP contribution is 2.13. The lowest BCUT2D eigenvalue weighted by Gasteiger charge is -2.10. The fourth-order valence-electron chi connectivity index (χ4n) is 1.52. The molecule has 21 heavy (non-hydrogen) atoms. The maximum absolute atomic E-state index is 11.4. The molecule has 0 saturated carbocycles. The highest BCUT2D eigenvalue weighted by atomic mass is 16.5. The van der Waals surface area contributed by atoms with E-state index in [9.17, 15) is 9.59 Å². The van der Waals surface area contributed by atoms with Gasteiger partial charge in [0.05, 0.1) is 19.6 Å². The zero-order valence-corrected chi connectivity index (χ0v) is 12.5. The average molecular weight is 294 g/mol. The first-order valence-corrected chi connectivity index (χ1v) is 6.83. The van der Waals surface area contributed by atoms with E-state index >= 15 is 0 Å². The number of nitrogens with two attached hydrogens (primary N) is 1. The molecule has 6 nitrogen and oxygen atoms in total.